The molecule has 0 radical (unpaired) electrons. The second-order valence-corrected chi connectivity index (χ2v) is 7.04. The molecule has 1 aromatic heterocycles. The van der Waals surface area contributed by atoms with Crippen molar-refractivity contribution in [3.63, 3.8) is 0 Å². The number of nitrogens with two attached hydrogens (primary N) is 1. The van der Waals surface area contributed by atoms with Crippen molar-refractivity contribution in [3.05, 3.63) is 94.3 Å². The molecule has 0 unspecified atom stereocenters. The Kier molecular flexibility index (Phi) is 6.56. The Morgan fingerprint density at radius 1 is 1.14 bits per heavy atom. The van der Waals surface area contributed by atoms with E-state index in [1.807, 2.05) is 0 Å². The lowest BCUT2D eigenvalue weighted by Gasteiger charge is -2.24. The minimum atomic E-state index is -1.08. The van der Waals surface area contributed by atoms with E-state index in [1.165, 1.54) is 24.4 Å². The maximum atomic E-state index is 14.0. The molecule has 4 nitrogen and oxygen atoms in total. The maximum absolute atomic E-state index is 14.0. The summed E-state index contributed by atoms with van der Waals surface area (Å²) >= 11 is 5.97. The van der Waals surface area contributed by atoms with Crippen LogP contribution in [0.25, 0.3) is 0 Å². The van der Waals surface area contributed by atoms with Crippen LogP contribution in [0.1, 0.15) is 29.5 Å². The fourth-order valence-electron chi connectivity index (χ4n) is 3.28. The highest BCUT2D eigenvalue weighted by Gasteiger charge is 2.29. The van der Waals surface area contributed by atoms with Gasteiger partial charge >= 0.3 is 0 Å². The molecule has 0 spiro atoms. The number of nitrogens with zero attached hydrogens (tertiary/aromatic N) is 1. The molecule has 2 aromatic carbocycles. The zero-order valence-electron chi connectivity index (χ0n) is 15.7. The van der Waals surface area contributed by atoms with Gasteiger partial charge in [-0.25, -0.2) is 8.78 Å². The summed E-state index contributed by atoms with van der Waals surface area (Å²) in [6.07, 6.45) is 2.95. The number of rotatable bonds is 6. The van der Waals surface area contributed by atoms with Crippen molar-refractivity contribution in [3.8, 4) is 0 Å². The van der Waals surface area contributed by atoms with Gasteiger partial charge in [-0.05, 0) is 47.9 Å². The fraction of sp³-hybridized carbons (Fsp3) is 0.182. The number of aromatic nitrogens is 1. The quantitative estimate of drug-likeness (QED) is 0.614. The van der Waals surface area contributed by atoms with Crippen LogP contribution in [0, 0.1) is 11.6 Å². The van der Waals surface area contributed by atoms with Gasteiger partial charge in [0.2, 0.25) is 5.91 Å². The number of hydrogen-bond acceptors (Lipinski definition) is 3. The predicted molar refractivity (Wildman–Crippen MR) is 110 cm³/mol. The van der Waals surface area contributed by atoms with Gasteiger partial charge in [0.05, 0.1) is 12.2 Å². The first-order valence-electron chi connectivity index (χ1n) is 9.10. The average molecular weight is 416 g/mol. The van der Waals surface area contributed by atoms with Gasteiger partial charge < -0.3 is 11.1 Å². The highest BCUT2D eigenvalue weighted by atomic mass is 35.5. The second-order valence-electron chi connectivity index (χ2n) is 6.60. The Hall–Kier alpha value is -2.83. The zero-order chi connectivity index (χ0) is 21.0. The molecule has 0 bridgehead atoms. The molecule has 0 aliphatic heterocycles. The van der Waals surface area contributed by atoms with Crippen LogP contribution in [0.5, 0.6) is 0 Å². The molecule has 0 aliphatic rings. The molecular weight excluding hydrogens is 396 g/mol. The number of amides is 1. The maximum Gasteiger partial charge on any atom is 0.242 e. The van der Waals surface area contributed by atoms with Crippen LogP contribution >= 0.6 is 11.6 Å². The largest absolute Gasteiger partial charge is 0.324 e. The second kappa shape index (κ2) is 9.11. The van der Waals surface area contributed by atoms with E-state index in [0.29, 0.717) is 33.8 Å². The molecule has 0 saturated carbocycles. The van der Waals surface area contributed by atoms with Crippen LogP contribution in [0.4, 0.5) is 14.5 Å². The Morgan fingerprint density at radius 3 is 2.52 bits per heavy atom. The van der Waals surface area contributed by atoms with E-state index in [4.69, 9.17) is 17.3 Å². The molecular formula is C22H20ClF2N3O. The van der Waals surface area contributed by atoms with Gasteiger partial charge in [-0.15, -0.1) is 0 Å². The molecule has 29 heavy (non-hydrogen) atoms. The molecule has 3 N–H and O–H groups in total. The monoisotopic (exact) mass is 415 g/mol. The van der Waals surface area contributed by atoms with Crippen molar-refractivity contribution >= 4 is 23.2 Å². The van der Waals surface area contributed by atoms with Crippen LogP contribution in [-0.2, 0) is 11.2 Å². The number of nitrogens with one attached hydrogen (secondary N) is 1. The minimum Gasteiger partial charge on any atom is -0.324 e. The van der Waals surface area contributed by atoms with Crippen molar-refractivity contribution in [2.75, 3.05) is 5.32 Å². The molecule has 0 saturated heterocycles. The highest BCUT2D eigenvalue weighted by Crippen LogP contribution is 2.29. The summed E-state index contributed by atoms with van der Waals surface area (Å²) in [7, 11) is 0. The normalized spacial score (nSPS) is 13.0. The summed E-state index contributed by atoms with van der Waals surface area (Å²) in [6, 6.07) is 11.5. The van der Waals surface area contributed by atoms with E-state index in [-0.39, 0.29) is 0 Å². The average Bonchev–Trinajstić information content (AvgIpc) is 2.70. The van der Waals surface area contributed by atoms with Gasteiger partial charge in [0.15, 0.2) is 0 Å². The number of hydrogen-bond donors (Lipinski definition) is 2. The summed E-state index contributed by atoms with van der Waals surface area (Å²) in [5.74, 6) is -2.13. The third kappa shape index (κ3) is 4.78. The molecule has 7 heteroatoms. The zero-order valence-corrected chi connectivity index (χ0v) is 16.5. The molecule has 2 atom stereocenters. The lowest BCUT2D eigenvalue weighted by Crippen LogP contribution is -2.41. The smallest absolute Gasteiger partial charge is 0.242 e. The van der Waals surface area contributed by atoms with Gasteiger partial charge in [-0.3, -0.25) is 9.78 Å². The van der Waals surface area contributed by atoms with Gasteiger partial charge in [0.25, 0.3) is 0 Å². The Bertz CT molecular complexity index is 1010. The van der Waals surface area contributed by atoms with Crippen LogP contribution in [0.2, 0.25) is 5.02 Å². The van der Waals surface area contributed by atoms with Crippen LogP contribution in [0.3, 0.4) is 0 Å². The number of halogens is 3. The van der Waals surface area contributed by atoms with E-state index in [1.54, 1.807) is 37.3 Å². The summed E-state index contributed by atoms with van der Waals surface area (Å²) in [5, 5.41) is 3.23. The Balaban J connectivity index is 1.96. The SMILES string of the molecule is CCc1c(F)cccc1NC(=O)[C@@H](N)[C@@H](c1ccc(Cl)cc1)c1cncc(F)c1. The van der Waals surface area contributed by atoms with Gasteiger partial charge in [-0.1, -0.05) is 36.7 Å². The lowest BCUT2D eigenvalue weighted by atomic mass is 9.85. The number of carbonyl (C=O) groups excluding carboxylic acids is 1. The van der Waals surface area contributed by atoms with Gasteiger partial charge in [0.1, 0.15) is 11.6 Å². The molecule has 1 heterocycles. The van der Waals surface area contributed by atoms with Crippen molar-refractivity contribution < 1.29 is 13.6 Å². The summed E-state index contributed by atoms with van der Waals surface area (Å²) in [5.41, 5.74) is 8.18. The third-order valence-corrected chi connectivity index (χ3v) is 4.96. The van der Waals surface area contributed by atoms with Crippen molar-refractivity contribution in [1.29, 1.82) is 0 Å². The van der Waals surface area contributed by atoms with E-state index < -0.39 is 29.5 Å². The van der Waals surface area contributed by atoms with Crippen LogP contribution in [0.15, 0.2) is 60.9 Å². The summed E-state index contributed by atoms with van der Waals surface area (Å²) < 4.78 is 27.8. The van der Waals surface area contributed by atoms with Gasteiger partial charge in [-0.2, -0.15) is 0 Å². The van der Waals surface area contributed by atoms with Crippen molar-refractivity contribution in [2.45, 2.75) is 25.3 Å². The van der Waals surface area contributed by atoms with E-state index in [0.717, 1.165) is 6.20 Å². The summed E-state index contributed by atoms with van der Waals surface area (Å²) in [4.78, 5) is 16.8. The molecule has 3 aromatic rings. The van der Waals surface area contributed by atoms with Gasteiger partial charge in [0, 0.05) is 28.4 Å². The molecule has 0 fully saturated rings. The summed E-state index contributed by atoms with van der Waals surface area (Å²) in [6.45, 7) is 1.79. The Labute approximate surface area is 172 Å². The van der Waals surface area contributed by atoms with Crippen molar-refractivity contribution in [2.24, 2.45) is 5.73 Å². The molecule has 3 rings (SSSR count). The molecule has 1 amide bonds. The minimum absolute atomic E-state index is 0.361. The third-order valence-electron chi connectivity index (χ3n) is 4.71. The topological polar surface area (TPSA) is 68.0 Å². The number of anilines is 1. The first-order valence-corrected chi connectivity index (χ1v) is 9.48. The first kappa shape index (κ1) is 20.9. The number of pyridine rings is 1. The Morgan fingerprint density at radius 2 is 1.86 bits per heavy atom. The lowest BCUT2D eigenvalue weighted by molar-refractivity contribution is -0.117. The predicted octanol–water partition coefficient (Wildman–Crippen LogP) is 4.67. The molecule has 0 aliphatic carbocycles. The standard InChI is InChI=1S/C22H20ClF2N3O/c1-2-17-18(25)4-3-5-19(17)28-22(29)21(26)20(13-6-8-15(23)9-7-13)14-10-16(24)12-27-11-14/h3-12,20-21H,2,26H2,1H3,(H,28,29)/t20-,21-/m0/s1. The highest BCUT2D eigenvalue weighted by molar-refractivity contribution is 6.30. The first-order chi connectivity index (χ1) is 13.9. The van der Waals surface area contributed by atoms with Crippen LogP contribution in [-0.4, -0.2) is 16.9 Å². The number of carbonyl (C=O) groups is 1. The molecule has 150 valence electrons. The van der Waals surface area contributed by atoms with E-state index >= 15 is 0 Å². The number of benzene rings is 2. The fourth-order valence-corrected chi connectivity index (χ4v) is 3.40. The van der Waals surface area contributed by atoms with Crippen LogP contribution < -0.4 is 11.1 Å². The van der Waals surface area contributed by atoms with Crippen molar-refractivity contribution in [1.82, 2.24) is 4.98 Å². The van der Waals surface area contributed by atoms with E-state index in [2.05, 4.69) is 10.3 Å². The van der Waals surface area contributed by atoms with E-state index in [9.17, 15) is 13.6 Å².